The van der Waals surface area contributed by atoms with E-state index in [1.165, 1.54) is 0 Å². The topological polar surface area (TPSA) is 3.24 Å². The van der Waals surface area contributed by atoms with E-state index in [0.29, 0.717) is 6.54 Å². The molecular weight excluding hydrogens is 166 g/mol. The molecule has 0 aromatic carbocycles. The van der Waals surface area contributed by atoms with Crippen LogP contribution in [0.5, 0.6) is 0 Å². The van der Waals surface area contributed by atoms with Gasteiger partial charge in [-0.2, -0.15) is 0 Å². The maximum atomic E-state index is 11.8. The van der Waals surface area contributed by atoms with Crippen molar-refractivity contribution in [2.75, 3.05) is 19.6 Å². The summed E-state index contributed by atoms with van der Waals surface area (Å²) in [5.74, 6) is 0. The Morgan fingerprint density at radius 1 is 1.25 bits per heavy atom. The van der Waals surface area contributed by atoms with Crippen molar-refractivity contribution in [1.82, 2.24) is 4.90 Å². The van der Waals surface area contributed by atoms with E-state index in [-0.39, 0.29) is 6.54 Å². The maximum absolute atomic E-state index is 11.8. The first kappa shape index (κ1) is 9.64. The average molecular weight is 178 g/mol. The van der Waals surface area contributed by atoms with Crippen molar-refractivity contribution in [2.45, 2.75) is 12.7 Å². The van der Waals surface area contributed by atoms with Gasteiger partial charge >= 0.3 is 6.98 Å². The highest BCUT2D eigenvalue weighted by Gasteiger charge is 2.23. The van der Waals surface area contributed by atoms with Crippen molar-refractivity contribution in [1.29, 1.82) is 0 Å². The summed E-state index contributed by atoms with van der Waals surface area (Å²) in [6, 6.07) is 0. The van der Waals surface area contributed by atoms with E-state index in [1.54, 1.807) is 0 Å². The molecule has 1 nitrogen and oxygen atoms in total. The van der Waals surface area contributed by atoms with E-state index >= 15 is 0 Å². The zero-order valence-corrected chi connectivity index (χ0v) is 6.85. The summed E-state index contributed by atoms with van der Waals surface area (Å²) >= 11 is 0. The molecular formula is C7H12BF3N-. The molecule has 0 atom stereocenters. The molecule has 12 heavy (non-hydrogen) atoms. The molecule has 1 aliphatic rings. The summed E-state index contributed by atoms with van der Waals surface area (Å²) in [7, 11) is 0. The Morgan fingerprint density at radius 2 is 2.00 bits per heavy atom. The fraction of sp³-hybridized carbons (Fsp3) is 0.714. The van der Waals surface area contributed by atoms with Gasteiger partial charge in [0, 0.05) is 13.1 Å². The highest BCUT2D eigenvalue weighted by Crippen LogP contribution is 2.15. The van der Waals surface area contributed by atoms with Crippen LogP contribution in [0.3, 0.4) is 0 Å². The van der Waals surface area contributed by atoms with Gasteiger partial charge in [-0.05, 0) is 13.0 Å². The van der Waals surface area contributed by atoms with Gasteiger partial charge in [0.15, 0.2) is 0 Å². The van der Waals surface area contributed by atoms with E-state index < -0.39 is 13.3 Å². The fourth-order valence-electron chi connectivity index (χ4n) is 1.22. The lowest BCUT2D eigenvalue weighted by molar-refractivity contribution is 0.302. The molecule has 0 aliphatic carbocycles. The van der Waals surface area contributed by atoms with Crippen molar-refractivity contribution in [3.63, 3.8) is 0 Å². The van der Waals surface area contributed by atoms with Crippen molar-refractivity contribution >= 4 is 6.98 Å². The van der Waals surface area contributed by atoms with Gasteiger partial charge in [-0.15, -0.1) is 0 Å². The molecule has 0 unspecified atom stereocenters. The van der Waals surface area contributed by atoms with Gasteiger partial charge in [-0.25, -0.2) is 0 Å². The zero-order valence-electron chi connectivity index (χ0n) is 6.85. The third-order valence-corrected chi connectivity index (χ3v) is 1.91. The second kappa shape index (κ2) is 3.98. The fourth-order valence-corrected chi connectivity index (χ4v) is 1.22. The van der Waals surface area contributed by atoms with Crippen LogP contribution in [0.2, 0.25) is 6.32 Å². The Morgan fingerprint density at radius 3 is 2.50 bits per heavy atom. The van der Waals surface area contributed by atoms with Gasteiger partial charge in [0.25, 0.3) is 0 Å². The monoisotopic (exact) mass is 178 g/mol. The molecule has 0 fully saturated rings. The third-order valence-electron chi connectivity index (χ3n) is 1.91. The maximum Gasteiger partial charge on any atom is 0.479 e. The van der Waals surface area contributed by atoms with Crippen LogP contribution in [0.1, 0.15) is 6.42 Å². The van der Waals surface area contributed by atoms with E-state index in [4.69, 9.17) is 0 Å². The summed E-state index contributed by atoms with van der Waals surface area (Å²) < 4.78 is 35.5. The Bertz CT molecular complexity index is 167. The molecule has 0 N–H and O–H groups in total. The molecule has 0 amide bonds. The third kappa shape index (κ3) is 3.81. The summed E-state index contributed by atoms with van der Waals surface area (Å²) in [6.07, 6.45) is 4.18. The summed E-state index contributed by atoms with van der Waals surface area (Å²) in [6.45, 7) is -3.00. The van der Waals surface area contributed by atoms with Crippen LogP contribution in [0.4, 0.5) is 12.9 Å². The molecule has 0 radical (unpaired) electrons. The standard InChI is InChI=1S/C7H12BF3N/c9-8(10,11)4-7-12-5-2-1-3-6-12/h1-2H,3-7H2/q-1. The van der Waals surface area contributed by atoms with Crippen molar-refractivity contribution < 1.29 is 12.9 Å². The van der Waals surface area contributed by atoms with Gasteiger partial charge in [-0.1, -0.05) is 18.5 Å². The summed E-state index contributed by atoms with van der Waals surface area (Å²) in [5, 5.41) is 0. The highest BCUT2D eigenvalue weighted by atomic mass is 19.4. The molecule has 0 aromatic heterocycles. The first-order chi connectivity index (χ1) is 5.58. The predicted molar refractivity (Wildman–Crippen MR) is 44.1 cm³/mol. The molecule has 0 aromatic rings. The Balaban J connectivity index is 2.19. The first-order valence-electron chi connectivity index (χ1n) is 4.16. The predicted octanol–water partition coefficient (Wildman–Crippen LogP) is 2.10. The van der Waals surface area contributed by atoms with Crippen LogP contribution in [-0.2, 0) is 0 Å². The van der Waals surface area contributed by atoms with Crippen molar-refractivity contribution in [3.05, 3.63) is 12.2 Å². The number of hydrogen-bond acceptors (Lipinski definition) is 1. The average Bonchev–Trinajstić information content (AvgIpc) is 2.02. The van der Waals surface area contributed by atoms with Gasteiger partial charge in [0.05, 0.1) is 0 Å². The molecule has 70 valence electrons. The minimum Gasteiger partial charge on any atom is -0.449 e. The zero-order chi connectivity index (χ0) is 9.03. The van der Waals surface area contributed by atoms with E-state index in [1.807, 2.05) is 17.1 Å². The smallest absolute Gasteiger partial charge is 0.449 e. The van der Waals surface area contributed by atoms with E-state index in [0.717, 1.165) is 13.0 Å². The molecule has 0 saturated heterocycles. The van der Waals surface area contributed by atoms with Gasteiger partial charge < -0.3 is 17.8 Å². The summed E-state index contributed by atoms with van der Waals surface area (Å²) in [5.41, 5.74) is 0. The minimum atomic E-state index is -4.60. The molecule has 0 bridgehead atoms. The minimum absolute atomic E-state index is 0.161. The normalized spacial score (nSPS) is 19.9. The molecule has 1 heterocycles. The summed E-state index contributed by atoms with van der Waals surface area (Å²) in [4.78, 5) is 1.83. The largest absolute Gasteiger partial charge is 0.479 e. The number of halogens is 3. The second-order valence-electron chi connectivity index (χ2n) is 3.06. The molecule has 0 saturated carbocycles. The lowest BCUT2D eigenvalue weighted by Crippen LogP contribution is -2.32. The molecule has 0 spiro atoms. The van der Waals surface area contributed by atoms with Crippen LogP contribution in [-0.4, -0.2) is 31.5 Å². The molecule has 1 aliphatic heterocycles. The van der Waals surface area contributed by atoms with Gasteiger partial charge in [0.2, 0.25) is 0 Å². The van der Waals surface area contributed by atoms with E-state index in [2.05, 4.69) is 0 Å². The lowest BCUT2D eigenvalue weighted by Gasteiger charge is -2.25. The van der Waals surface area contributed by atoms with Crippen LogP contribution < -0.4 is 0 Å². The Kier molecular flexibility index (Phi) is 3.20. The van der Waals surface area contributed by atoms with Crippen molar-refractivity contribution in [2.24, 2.45) is 0 Å². The molecule has 5 heteroatoms. The van der Waals surface area contributed by atoms with Gasteiger partial charge in [-0.3, -0.25) is 0 Å². The quantitative estimate of drug-likeness (QED) is 0.472. The van der Waals surface area contributed by atoms with Crippen LogP contribution in [0.25, 0.3) is 0 Å². The van der Waals surface area contributed by atoms with Crippen LogP contribution in [0.15, 0.2) is 12.2 Å². The molecule has 1 rings (SSSR count). The first-order valence-corrected chi connectivity index (χ1v) is 4.16. The van der Waals surface area contributed by atoms with Crippen LogP contribution >= 0.6 is 0 Å². The second-order valence-corrected chi connectivity index (χ2v) is 3.06. The van der Waals surface area contributed by atoms with E-state index in [9.17, 15) is 12.9 Å². The van der Waals surface area contributed by atoms with Gasteiger partial charge in [0.1, 0.15) is 0 Å². The number of nitrogens with zero attached hydrogens (tertiary/aromatic N) is 1. The lowest BCUT2D eigenvalue weighted by atomic mass is 9.86. The SMILES string of the molecule is F[B-](F)(F)CCN1CC=CCC1. The Hall–Kier alpha value is -0.445. The van der Waals surface area contributed by atoms with Crippen LogP contribution in [0, 0.1) is 0 Å². The van der Waals surface area contributed by atoms with Crippen molar-refractivity contribution in [3.8, 4) is 0 Å². The highest BCUT2D eigenvalue weighted by molar-refractivity contribution is 6.58. The number of rotatable bonds is 3. The Labute approximate surface area is 70.3 Å². The number of hydrogen-bond donors (Lipinski definition) is 0.